The molecular formula is C15H32N2O2S. The number of sulfone groups is 1. The summed E-state index contributed by atoms with van der Waals surface area (Å²) in [6, 6.07) is 0.806. The summed E-state index contributed by atoms with van der Waals surface area (Å²) in [7, 11) is 1.29. The van der Waals surface area contributed by atoms with E-state index in [0.717, 1.165) is 38.6 Å². The van der Waals surface area contributed by atoms with Gasteiger partial charge < -0.3 is 10.2 Å². The molecule has 0 aromatic rings. The van der Waals surface area contributed by atoms with E-state index in [1.54, 1.807) is 0 Å². The number of likely N-dealkylation sites (N-methyl/N-ethyl adjacent to an activating group) is 1. The first-order valence-electron chi connectivity index (χ1n) is 7.78. The van der Waals surface area contributed by atoms with E-state index in [2.05, 4.69) is 38.2 Å². The van der Waals surface area contributed by atoms with Gasteiger partial charge in [-0.05, 0) is 45.7 Å². The molecule has 1 saturated carbocycles. The van der Waals surface area contributed by atoms with Gasteiger partial charge >= 0.3 is 0 Å². The third kappa shape index (κ3) is 6.55. The van der Waals surface area contributed by atoms with Crippen LogP contribution in [-0.2, 0) is 9.84 Å². The minimum Gasteiger partial charge on any atom is -0.310 e. The maximum absolute atomic E-state index is 11.7. The molecule has 1 aliphatic rings. The molecule has 0 radical (unpaired) electrons. The Kier molecular flexibility index (Phi) is 6.95. The summed E-state index contributed by atoms with van der Waals surface area (Å²) in [4.78, 5) is 2.21. The van der Waals surface area contributed by atoms with Gasteiger partial charge in [0.2, 0.25) is 0 Å². The van der Waals surface area contributed by atoms with Crippen molar-refractivity contribution in [2.24, 2.45) is 5.92 Å². The molecule has 5 heteroatoms. The van der Waals surface area contributed by atoms with E-state index in [4.69, 9.17) is 0 Å². The monoisotopic (exact) mass is 304 g/mol. The van der Waals surface area contributed by atoms with Gasteiger partial charge in [0.1, 0.15) is 9.84 Å². The van der Waals surface area contributed by atoms with Crippen molar-refractivity contribution in [3.63, 3.8) is 0 Å². The van der Waals surface area contributed by atoms with Crippen LogP contribution in [0.25, 0.3) is 0 Å². The Morgan fingerprint density at radius 1 is 1.25 bits per heavy atom. The van der Waals surface area contributed by atoms with E-state index < -0.39 is 9.84 Å². The van der Waals surface area contributed by atoms with Crippen molar-refractivity contribution in [3.05, 3.63) is 0 Å². The molecule has 0 heterocycles. The molecule has 1 fully saturated rings. The highest BCUT2D eigenvalue weighted by Gasteiger charge is 2.30. The molecule has 0 aromatic heterocycles. The predicted octanol–water partition coefficient (Wildman–Crippen LogP) is 1.91. The fourth-order valence-electron chi connectivity index (χ4n) is 3.22. The van der Waals surface area contributed by atoms with Crippen molar-refractivity contribution in [3.8, 4) is 0 Å². The summed E-state index contributed by atoms with van der Waals surface area (Å²) in [5.41, 5.74) is 0. The maximum Gasteiger partial charge on any atom is 0.150 e. The second kappa shape index (κ2) is 7.76. The smallest absolute Gasteiger partial charge is 0.150 e. The molecule has 3 atom stereocenters. The van der Waals surface area contributed by atoms with Crippen LogP contribution in [0.4, 0.5) is 0 Å². The molecule has 0 bridgehead atoms. The largest absolute Gasteiger partial charge is 0.310 e. The third-order valence-corrected chi connectivity index (χ3v) is 5.68. The summed E-state index contributed by atoms with van der Waals surface area (Å²) in [5, 5.41) is 3.57. The van der Waals surface area contributed by atoms with Crippen molar-refractivity contribution in [1.82, 2.24) is 10.2 Å². The van der Waals surface area contributed by atoms with Crippen molar-refractivity contribution in [1.29, 1.82) is 0 Å². The fourth-order valence-corrected chi connectivity index (χ4v) is 4.40. The average molecular weight is 305 g/mol. The van der Waals surface area contributed by atoms with Gasteiger partial charge in [0.25, 0.3) is 0 Å². The second-order valence-electron chi connectivity index (χ2n) is 7.07. The summed E-state index contributed by atoms with van der Waals surface area (Å²) in [6.45, 7) is 5.49. The molecular weight excluding hydrogens is 272 g/mol. The predicted molar refractivity (Wildman–Crippen MR) is 85.8 cm³/mol. The van der Waals surface area contributed by atoms with Gasteiger partial charge in [0.15, 0.2) is 0 Å². The maximum atomic E-state index is 11.7. The van der Waals surface area contributed by atoms with E-state index >= 15 is 0 Å². The number of hydrogen-bond acceptors (Lipinski definition) is 4. The van der Waals surface area contributed by atoms with E-state index in [1.807, 2.05) is 0 Å². The van der Waals surface area contributed by atoms with Crippen LogP contribution in [0.15, 0.2) is 0 Å². The van der Waals surface area contributed by atoms with Crippen LogP contribution >= 0.6 is 0 Å². The molecule has 1 aliphatic carbocycles. The zero-order valence-corrected chi connectivity index (χ0v) is 14.5. The summed E-state index contributed by atoms with van der Waals surface area (Å²) in [5.74, 6) is 0.654. The Balaban J connectivity index is 2.58. The molecule has 0 saturated heterocycles. The highest BCUT2D eigenvalue weighted by Crippen LogP contribution is 2.24. The first kappa shape index (κ1) is 17.9. The van der Waals surface area contributed by atoms with E-state index in [9.17, 15) is 8.42 Å². The molecule has 0 aliphatic heterocycles. The van der Waals surface area contributed by atoms with Crippen LogP contribution in [0.5, 0.6) is 0 Å². The van der Waals surface area contributed by atoms with Gasteiger partial charge in [-0.25, -0.2) is 8.42 Å². The van der Waals surface area contributed by atoms with E-state index in [1.165, 1.54) is 6.26 Å². The van der Waals surface area contributed by atoms with E-state index in [0.29, 0.717) is 18.0 Å². The van der Waals surface area contributed by atoms with Crippen molar-refractivity contribution in [2.75, 3.05) is 26.9 Å². The third-order valence-electron chi connectivity index (χ3n) is 4.04. The Bertz CT molecular complexity index is 369. The topological polar surface area (TPSA) is 49.4 Å². The van der Waals surface area contributed by atoms with Gasteiger partial charge in [0, 0.05) is 24.9 Å². The lowest BCUT2D eigenvalue weighted by molar-refractivity contribution is 0.261. The normalized spacial score (nSPS) is 26.1. The molecule has 4 nitrogen and oxygen atoms in total. The zero-order chi connectivity index (χ0) is 15.3. The number of nitrogens with zero attached hydrogens (tertiary/aromatic N) is 1. The van der Waals surface area contributed by atoms with Gasteiger partial charge in [0.05, 0.1) is 5.25 Å². The first-order chi connectivity index (χ1) is 9.18. The molecule has 0 aromatic carbocycles. The molecule has 0 spiro atoms. The lowest BCUT2D eigenvalue weighted by Gasteiger charge is -2.33. The SMILES string of the molecule is CC(C)CC(CN(C)C)NC1CCCC(S(C)(=O)=O)C1. The molecule has 120 valence electrons. The van der Waals surface area contributed by atoms with Crippen LogP contribution in [-0.4, -0.2) is 57.5 Å². The number of rotatable bonds is 7. The Hall–Kier alpha value is -0.130. The van der Waals surface area contributed by atoms with Crippen LogP contribution < -0.4 is 5.32 Å². The quantitative estimate of drug-likeness (QED) is 0.780. The van der Waals surface area contributed by atoms with Gasteiger partial charge in [-0.2, -0.15) is 0 Å². The summed E-state index contributed by atoms with van der Waals surface area (Å²) >= 11 is 0. The molecule has 0 amide bonds. The van der Waals surface area contributed by atoms with Gasteiger partial charge in [-0.3, -0.25) is 0 Å². The van der Waals surface area contributed by atoms with Gasteiger partial charge in [-0.15, -0.1) is 0 Å². The minimum absolute atomic E-state index is 0.146. The van der Waals surface area contributed by atoms with Crippen LogP contribution in [0.2, 0.25) is 0 Å². The van der Waals surface area contributed by atoms with Crippen molar-refractivity contribution in [2.45, 2.75) is 63.3 Å². The zero-order valence-electron chi connectivity index (χ0n) is 13.7. The fraction of sp³-hybridized carbons (Fsp3) is 1.00. The van der Waals surface area contributed by atoms with Crippen LogP contribution in [0, 0.1) is 5.92 Å². The second-order valence-corrected chi connectivity index (χ2v) is 9.40. The van der Waals surface area contributed by atoms with E-state index in [-0.39, 0.29) is 5.25 Å². The Labute approximate surface area is 125 Å². The molecule has 1 rings (SSSR count). The minimum atomic E-state index is -2.89. The number of hydrogen-bond donors (Lipinski definition) is 1. The molecule has 1 N–H and O–H groups in total. The van der Waals surface area contributed by atoms with Crippen molar-refractivity contribution < 1.29 is 8.42 Å². The highest BCUT2D eigenvalue weighted by molar-refractivity contribution is 7.91. The molecule has 3 unspecified atom stereocenters. The molecule has 20 heavy (non-hydrogen) atoms. The lowest BCUT2D eigenvalue weighted by Crippen LogP contribution is -2.47. The Morgan fingerprint density at radius 2 is 1.90 bits per heavy atom. The van der Waals surface area contributed by atoms with Crippen molar-refractivity contribution >= 4 is 9.84 Å². The van der Waals surface area contributed by atoms with Crippen LogP contribution in [0.1, 0.15) is 46.0 Å². The lowest BCUT2D eigenvalue weighted by atomic mass is 9.93. The van der Waals surface area contributed by atoms with Crippen LogP contribution in [0.3, 0.4) is 0 Å². The van der Waals surface area contributed by atoms with Gasteiger partial charge in [-0.1, -0.05) is 20.3 Å². The summed E-state index contributed by atoms with van der Waals surface area (Å²) in [6.07, 6.45) is 6.25. The standard InChI is InChI=1S/C15H32N2O2S/c1-12(2)9-14(11-17(3)4)16-13-7-6-8-15(10-13)20(5,18)19/h12-16H,6-11H2,1-5H3. The number of nitrogens with one attached hydrogen (secondary N) is 1. The first-order valence-corrected chi connectivity index (χ1v) is 9.73. The average Bonchev–Trinajstić information content (AvgIpc) is 2.26. The Morgan fingerprint density at radius 3 is 2.40 bits per heavy atom. The summed E-state index contributed by atoms with van der Waals surface area (Å²) < 4.78 is 23.5. The highest BCUT2D eigenvalue weighted by atomic mass is 32.2.